The molecule has 1 heterocycles. The van der Waals surface area contributed by atoms with Crippen molar-refractivity contribution in [3.8, 4) is 6.07 Å². The zero-order valence-electron chi connectivity index (χ0n) is 13.0. The van der Waals surface area contributed by atoms with Gasteiger partial charge in [-0.1, -0.05) is 19.3 Å². The Kier molecular flexibility index (Phi) is 6.51. The Morgan fingerprint density at radius 3 is 2.45 bits per heavy atom. The van der Waals surface area contributed by atoms with E-state index in [-0.39, 0.29) is 12.6 Å². The van der Waals surface area contributed by atoms with Gasteiger partial charge in [0.05, 0.1) is 12.6 Å². The number of nitrogens with zero attached hydrogens (tertiary/aromatic N) is 2. The number of rotatable bonds is 5. The molecule has 1 N–H and O–H groups in total. The number of nitriles is 1. The summed E-state index contributed by atoms with van der Waals surface area (Å²) in [6.07, 6.45) is 2.02. The highest BCUT2D eigenvalue weighted by atomic mass is 19.4. The predicted molar refractivity (Wildman–Crippen MR) is 79.2 cm³/mol. The molecule has 3 nitrogen and oxygen atoms in total. The van der Waals surface area contributed by atoms with E-state index in [1.165, 1.54) is 32.1 Å². The SMILES string of the molecule is N#CCN1CC(CC(F)(F)F)CC(NCC2CCCCC2)C1. The lowest BCUT2D eigenvalue weighted by molar-refractivity contribution is -0.148. The maximum atomic E-state index is 12.7. The second-order valence-corrected chi connectivity index (χ2v) is 6.88. The average Bonchev–Trinajstić information content (AvgIpc) is 2.44. The van der Waals surface area contributed by atoms with Crippen LogP contribution in [0.1, 0.15) is 44.9 Å². The van der Waals surface area contributed by atoms with Crippen molar-refractivity contribution in [3.63, 3.8) is 0 Å². The Morgan fingerprint density at radius 2 is 1.82 bits per heavy atom. The van der Waals surface area contributed by atoms with Crippen LogP contribution in [0.25, 0.3) is 0 Å². The first-order valence-corrected chi connectivity index (χ1v) is 8.35. The fourth-order valence-corrected chi connectivity index (χ4v) is 3.88. The zero-order valence-corrected chi connectivity index (χ0v) is 13.0. The number of alkyl halides is 3. The second kappa shape index (κ2) is 8.16. The van der Waals surface area contributed by atoms with E-state index in [1.54, 1.807) is 0 Å². The van der Waals surface area contributed by atoms with Gasteiger partial charge in [-0.25, -0.2) is 0 Å². The molecule has 126 valence electrons. The van der Waals surface area contributed by atoms with E-state index in [1.807, 2.05) is 4.90 Å². The van der Waals surface area contributed by atoms with E-state index in [9.17, 15) is 13.2 Å². The van der Waals surface area contributed by atoms with Crippen LogP contribution in [-0.4, -0.2) is 43.3 Å². The third-order valence-corrected chi connectivity index (χ3v) is 4.85. The van der Waals surface area contributed by atoms with Gasteiger partial charge >= 0.3 is 6.18 Å². The van der Waals surface area contributed by atoms with Crippen molar-refractivity contribution < 1.29 is 13.2 Å². The minimum absolute atomic E-state index is 0.0800. The Bertz CT molecular complexity index is 372. The molecule has 0 bridgehead atoms. The summed E-state index contributed by atoms with van der Waals surface area (Å²) < 4.78 is 38.0. The standard InChI is InChI=1S/C16H26F3N3/c17-16(18,19)9-14-8-15(12-22(11-14)7-6-20)21-10-13-4-2-1-3-5-13/h13-15,21H,1-5,7-12H2. The number of likely N-dealkylation sites (tertiary alicyclic amines) is 1. The number of hydrogen-bond acceptors (Lipinski definition) is 3. The summed E-state index contributed by atoms with van der Waals surface area (Å²) in [7, 11) is 0. The zero-order chi connectivity index (χ0) is 16.0. The average molecular weight is 317 g/mol. The fourth-order valence-electron chi connectivity index (χ4n) is 3.88. The third-order valence-electron chi connectivity index (χ3n) is 4.85. The molecule has 1 saturated heterocycles. The van der Waals surface area contributed by atoms with Crippen molar-refractivity contribution in [2.24, 2.45) is 11.8 Å². The Morgan fingerprint density at radius 1 is 1.09 bits per heavy atom. The van der Waals surface area contributed by atoms with Gasteiger partial charge in [-0.05, 0) is 37.6 Å². The maximum absolute atomic E-state index is 12.7. The van der Waals surface area contributed by atoms with Crippen LogP contribution in [0.2, 0.25) is 0 Å². The first-order chi connectivity index (χ1) is 10.5. The first kappa shape index (κ1) is 17.6. The smallest absolute Gasteiger partial charge is 0.312 e. The minimum atomic E-state index is -4.12. The molecular formula is C16H26F3N3. The highest BCUT2D eigenvalue weighted by Gasteiger charge is 2.36. The summed E-state index contributed by atoms with van der Waals surface area (Å²) in [5.74, 6) is 0.270. The van der Waals surface area contributed by atoms with E-state index in [2.05, 4.69) is 11.4 Å². The molecule has 2 aliphatic rings. The summed E-state index contributed by atoms with van der Waals surface area (Å²) in [5.41, 5.74) is 0. The van der Waals surface area contributed by atoms with Crippen molar-refractivity contribution in [1.29, 1.82) is 5.26 Å². The molecule has 2 rings (SSSR count). The van der Waals surface area contributed by atoms with Crippen molar-refractivity contribution in [3.05, 3.63) is 0 Å². The van der Waals surface area contributed by atoms with Crippen LogP contribution in [0.5, 0.6) is 0 Å². The highest BCUT2D eigenvalue weighted by Crippen LogP contribution is 2.30. The summed E-state index contributed by atoms with van der Waals surface area (Å²) in [5, 5.41) is 12.3. The van der Waals surface area contributed by atoms with Gasteiger partial charge in [0.2, 0.25) is 0 Å². The predicted octanol–water partition coefficient (Wildman–Crippen LogP) is 3.32. The Balaban J connectivity index is 1.83. The van der Waals surface area contributed by atoms with Crippen LogP contribution < -0.4 is 5.32 Å². The molecule has 2 fully saturated rings. The number of piperidine rings is 1. The lowest BCUT2D eigenvalue weighted by Crippen LogP contribution is -2.50. The molecule has 2 atom stereocenters. The summed E-state index contributed by atoms with van der Waals surface area (Å²) in [6.45, 7) is 2.20. The van der Waals surface area contributed by atoms with Crippen LogP contribution in [0.15, 0.2) is 0 Å². The lowest BCUT2D eigenvalue weighted by Gasteiger charge is -2.38. The topological polar surface area (TPSA) is 39.1 Å². The van der Waals surface area contributed by atoms with Gasteiger partial charge in [0, 0.05) is 25.6 Å². The molecule has 0 aromatic heterocycles. The summed E-state index contributed by atoms with van der Waals surface area (Å²) >= 11 is 0. The quantitative estimate of drug-likeness (QED) is 0.791. The lowest BCUT2D eigenvalue weighted by atomic mass is 9.88. The van der Waals surface area contributed by atoms with Crippen LogP contribution in [-0.2, 0) is 0 Å². The molecule has 0 radical (unpaired) electrons. The van der Waals surface area contributed by atoms with Gasteiger partial charge in [0.15, 0.2) is 0 Å². The maximum Gasteiger partial charge on any atom is 0.389 e. The Hall–Kier alpha value is -0.800. The minimum Gasteiger partial charge on any atom is -0.312 e. The number of halogens is 3. The second-order valence-electron chi connectivity index (χ2n) is 6.88. The van der Waals surface area contributed by atoms with Crippen LogP contribution in [0.4, 0.5) is 13.2 Å². The summed E-state index contributed by atoms with van der Waals surface area (Å²) in [6, 6.07) is 2.14. The fraction of sp³-hybridized carbons (Fsp3) is 0.938. The summed E-state index contributed by atoms with van der Waals surface area (Å²) in [4.78, 5) is 1.86. The van der Waals surface area contributed by atoms with Crippen molar-refractivity contribution in [2.75, 3.05) is 26.2 Å². The molecule has 6 heteroatoms. The monoisotopic (exact) mass is 317 g/mol. The van der Waals surface area contributed by atoms with Crippen LogP contribution >= 0.6 is 0 Å². The van der Waals surface area contributed by atoms with E-state index < -0.39 is 18.5 Å². The largest absolute Gasteiger partial charge is 0.389 e. The van der Waals surface area contributed by atoms with E-state index in [4.69, 9.17) is 5.26 Å². The number of hydrogen-bond donors (Lipinski definition) is 1. The molecule has 22 heavy (non-hydrogen) atoms. The number of nitrogens with one attached hydrogen (secondary N) is 1. The van der Waals surface area contributed by atoms with Gasteiger partial charge in [-0.2, -0.15) is 18.4 Å². The van der Waals surface area contributed by atoms with Crippen molar-refractivity contribution in [1.82, 2.24) is 10.2 Å². The molecule has 1 aliphatic heterocycles. The molecule has 0 spiro atoms. The first-order valence-electron chi connectivity index (χ1n) is 8.35. The van der Waals surface area contributed by atoms with Gasteiger partial charge in [-0.3, -0.25) is 4.90 Å². The van der Waals surface area contributed by atoms with Crippen molar-refractivity contribution >= 4 is 0 Å². The Labute approximate surface area is 130 Å². The van der Waals surface area contributed by atoms with Gasteiger partial charge in [0.25, 0.3) is 0 Å². The van der Waals surface area contributed by atoms with Crippen LogP contribution in [0.3, 0.4) is 0 Å². The molecule has 1 saturated carbocycles. The van der Waals surface area contributed by atoms with E-state index in [0.29, 0.717) is 25.4 Å². The molecule has 1 aliphatic carbocycles. The third kappa shape index (κ3) is 6.13. The highest BCUT2D eigenvalue weighted by molar-refractivity contribution is 4.89. The molecule has 0 aromatic rings. The van der Waals surface area contributed by atoms with E-state index >= 15 is 0 Å². The molecule has 0 aromatic carbocycles. The van der Waals surface area contributed by atoms with Gasteiger partial charge < -0.3 is 5.32 Å². The van der Waals surface area contributed by atoms with Gasteiger partial charge in [-0.15, -0.1) is 0 Å². The molecule has 2 unspecified atom stereocenters. The molecule has 0 amide bonds. The normalized spacial score (nSPS) is 28.5. The van der Waals surface area contributed by atoms with Crippen LogP contribution in [0, 0.1) is 23.2 Å². The van der Waals surface area contributed by atoms with Gasteiger partial charge in [0.1, 0.15) is 0 Å². The van der Waals surface area contributed by atoms with E-state index in [0.717, 1.165) is 6.54 Å². The molecular weight excluding hydrogens is 291 g/mol. The van der Waals surface area contributed by atoms with Crippen molar-refractivity contribution in [2.45, 2.75) is 57.2 Å².